The molecule has 0 spiro atoms. The van der Waals surface area contributed by atoms with Crippen molar-refractivity contribution in [2.45, 2.75) is 73.9 Å². The third-order valence-electron chi connectivity index (χ3n) is 7.32. The molecular weight excluding hydrogens is 420 g/mol. The Kier molecular flexibility index (Phi) is 7.23. The Morgan fingerprint density at radius 3 is 2.34 bits per heavy atom. The van der Waals surface area contributed by atoms with Crippen LogP contribution < -0.4 is 4.74 Å². The molecule has 0 radical (unpaired) electrons. The molecule has 4 rings (SSSR count). The lowest BCUT2D eigenvalue weighted by Crippen LogP contribution is -2.55. The topological polar surface area (TPSA) is 49.9 Å². The fraction of sp³-hybridized carbons (Fsp3) is 0.538. The second kappa shape index (κ2) is 9.94. The molecule has 1 saturated heterocycles. The van der Waals surface area contributed by atoms with Gasteiger partial charge in [0.1, 0.15) is 5.75 Å². The van der Waals surface area contributed by atoms with Crippen LogP contribution in [0.3, 0.4) is 0 Å². The van der Waals surface area contributed by atoms with Gasteiger partial charge in [0.2, 0.25) is 9.84 Å². The van der Waals surface area contributed by atoms with Crippen LogP contribution in [0.2, 0.25) is 0 Å². The van der Waals surface area contributed by atoms with Gasteiger partial charge in [-0.3, -0.25) is 9.80 Å². The van der Waals surface area contributed by atoms with Crippen LogP contribution in [-0.4, -0.2) is 57.0 Å². The number of ether oxygens (including phenoxy) is 1. The lowest BCUT2D eigenvalue weighted by molar-refractivity contribution is 0.0225. The average Bonchev–Trinajstić information content (AvgIpc) is 2.84. The van der Waals surface area contributed by atoms with Gasteiger partial charge in [0.25, 0.3) is 0 Å². The summed E-state index contributed by atoms with van der Waals surface area (Å²) in [7, 11) is -2.03. The lowest BCUT2D eigenvalue weighted by atomic mass is 9.93. The van der Waals surface area contributed by atoms with Crippen LogP contribution >= 0.6 is 0 Å². The van der Waals surface area contributed by atoms with Crippen molar-refractivity contribution in [3.63, 3.8) is 0 Å². The molecule has 1 saturated carbocycles. The van der Waals surface area contributed by atoms with Crippen molar-refractivity contribution < 1.29 is 13.2 Å². The second-order valence-corrected chi connectivity index (χ2v) is 11.3. The molecule has 2 aromatic rings. The summed E-state index contributed by atoms with van der Waals surface area (Å²) in [6.07, 6.45) is 6.85. The van der Waals surface area contributed by atoms with Crippen molar-refractivity contribution in [3.8, 4) is 5.75 Å². The highest BCUT2D eigenvalue weighted by Gasteiger charge is 2.31. The summed E-state index contributed by atoms with van der Waals surface area (Å²) in [5.74, 6) is 0.540. The molecule has 6 heteroatoms. The first-order valence-corrected chi connectivity index (χ1v) is 13.4. The largest absolute Gasteiger partial charge is 0.497 e. The highest BCUT2D eigenvalue weighted by atomic mass is 32.2. The van der Waals surface area contributed by atoms with Crippen molar-refractivity contribution in [2.75, 3.05) is 26.7 Å². The molecular formula is C26H36N2O3S. The Bertz CT molecular complexity index is 1000. The summed E-state index contributed by atoms with van der Waals surface area (Å²) in [5, 5.41) is 0. The molecule has 174 valence electrons. The van der Waals surface area contributed by atoms with E-state index in [1.165, 1.54) is 39.2 Å². The standard InChI is InChI=1S/C26H36N2O3S/c1-20-19-27(23-8-5-4-6-9-23)16-17-28(20)21(2)22-12-14-25(15-13-22)32(29,30)26-11-7-10-24(18-26)31-3/h7,10-15,18,20-21,23H,4-6,8-9,16-17,19H2,1-3H3/t20-,21?/m0/s1. The average molecular weight is 457 g/mol. The molecule has 1 aliphatic carbocycles. The monoisotopic (exact) mass is 456 g/mol. The van der Waals surface area contributed by atoms with Gasteiger partial charge in [-0.2, -0.15) is 0 Å². The van der Waals surface area contributed by atoms with E-state index in [9.17, 15) is 8.42 Å². The summed E-state index contributed by atoms with van der Waals surface area (Å²) < 4.78 is 31.3. The lowest BCUT2D eigenvalue weighted by Gasteiger charge is -2.46. The van der Waals surface area contributed by atoms with Crippen LogP contribution in [0, 0.1) is 0 Å². The first-order chi connectivity index (χ1) is 15.4. The van der Waals surface area contributed by atoms with Crippen LogP contribution in [0.5, 0.6) is 5.75 Å². The van der Waals surface area contributed by atoms with Gasteiger partial charge in [-0.1, -0.05) is 37.5 Å². The minimum atomic E-state index is -3.57. The number of hydrogen-bond donors (Lipinski definition) is 0. The number of piperazine rings is 1. The summed E-state index contributed by atoms with van der Waals surface area (Å²) in [6.45, 7) is 7.87. The van der Waals surface area contributed by atoms with Crippen LogP contribution in [0.15, 0.2) is 58.3 Å². The predicted molar refractivity (Wildman–Crippen MR) is 128 cm³/mol. The number of hydrogen-bond acceptors (Lipinski definition) is 5. The van der Waals surface area contributed by atoms with E-state index in [2.05, 4.69) is 23.6 Å². The third kappa shape index (κ3) is 4.87. The minimum absolute atomic E-state index is 0.255. The van der Waals surface area contributed by atoms with Crippen LogP contribution in [-0.2, 0) is 9.84 Å². The molecule has 1 heterocycles. The van der Waals surface area contributed by atoms with Crippen molar-refractivity contribution in [3.05, 3.63) is 54.1 Å². The van der Waals surface area contributed by atoms with Crippen LogP contribution in [0.4, 0.5) is 0 Å². The van der Waals surface area contributed by atoms with Gasteiger partial charge >= 0.3 is 0 Å². The molecule has 1 aliphatic heterocycles. The van der Waals surface area contributed by atoms with Crippen LogP contribution in [0.1, 0.15) is 57.6 Å². The molecule has 2 fully saturated rings. The third-order valence-corrected chi connectivity index (χ3v) is 9.09. The molecule has 0 bridgehead atoms. The van der Waals surface area contributed by atoms with E-state index in [1.807, 2.05) is 12.1 Å². The highest BCUT2D eigenvalue weighted by molar-refractivity contribution is 7.91. The quantitative estimate of drug-likeness (QED) is 0.617. The molecule has 2 aromatic carbocycles. The predicted octanol–water partition coefficient (Wildman–Crippen LogP) is 4.93. The van der Waals surface area contributed by atoms with Crippen molar-refractivity contribution >= 4 is 9.84 Å². The molecule has 0 aromatic heterocycles. The highest BCUT2D eigenvalue weighted by Crippen LogP contribution is 2.30. The maximum atomic E-state index is 13.1. The Morgan fingerprint density at radius 1 is 0.969 bits per heavy atom. The Morgan fingerprint density at radius 2 is 1.69 bits per heavy atom. The van der Waals surface area contributed by atoms with Crippen LogP contribution in [0.25, 0.3) is 0 Å². The van der Waals surface area contributed by atoms with E-state index in [1.54, 1.807) is 36.4 Å². The summed E-state index contributed by atoms with van der Waals surface area (Å²) in [6, 6.07) is 15.6. The van der Waals surface area contributed by atoms with E-state index < -0.39 is 9.84 Å². The Balaban J connectivity index is 1.44. The van der Waals surface area contributed by atoms with Gasteiger partial charge < -0.3 is 4.74 Å². The second-order valence-electron chi connectivity index (χ2n) is 9.30. The zero-order chi connectivity index (χ0) is 22.7. The minimum Gasteiger partial charge on any atom is -0.497 e. The fourth-order valence-electron chi connectivity index (χ4n) is 5.37. The van der Waals surface area contributed by atoms with Gasteiger partial charge in [-0.25, -0.2) is 8.42 Å². The molecule has 2 atom stereocenters. The zero-order valence-corrected chi connectivity index (χ0v) is 20.4. The summed E-state index contributed by atoms with van der Waals surface area (Å²) in [4.78, 5) is 5.84. The number of sulfone groups is 1. The number of rotatable bonds is 6. The maximum Gasteiger partial charge on any atom is 0.206 e. The first kappa shape index (κ1) is 23.3. The van der Waals surface area contributed by atoms with E-state index in [4.69, 9.17) is 4.74 Å². The SMILES string of the molecule is COc1cccc(S(=O)(=O)c2ccc(C(C)N3CCN(C4CCCCC4)C[C@@H]3C)cc2)c1. The van der Waals surface area contributed by atoms with Crippen molar-refractivity contribution in [2.24, 2.45) is 0 Å². The van der Waals surface area contributed by atoms with Gasteiger partial charge in [0, 0.05) is 37.8 Å². The Labute approximate surface area is 193 Å². The number of nitrogens with zero attached hydrogens (tertiary/aromatic N) is 2. The summed E-state index contributed by atoms with van der Waals surface area (Å²) in [5.41, 5.74) is 1.16. The van der Waals surface area contributed by atoms with Crippen molar-refractivity contribution in [1.29, 1.82) is 0 Å². The molecule has 1 unspecified atom stereocenters. The van der Waals surface area contributed by atoms with Crippen molar-refractivity contribution in [1.82, 2.24) is 9.80 Å². The zero-order valence-electron chi connectivity index (χ0n) is 19.5. The molecule has 0 amide bonds. The molecule has 32 heavy (non-hydrogen) atoms. The van der Waals surface area contributed by atoms with E-state index in [0.717, 1.165) is 31.2 Å². The van der Waals surface area contributed by atoms with E-state index >= 15 is 0 Å². The maximum absolute atomic E-state index is 13.1. The number of benzene rings is 2. The van der Waals surface area contributed by atoms with Gasteiger partial charge in [0.15, 0.2) is 0 Å². The van der Waals surface area contributed by atoms with Gasteiger partial charge in [0.05, 0.1) is 16.9 Å². The molecule has 5 nitrogen and oxygen atoms in total. The first-order valence-electron chi connectivity index (χ1n) is 11.9. The van der Waals surface area contributed by atoms with Gasteiger partial charge in [-0.05, 0) is 62.6 Å². The molecule has 2 aliphatic rings. The van der Waals surface area contributed by atoms with E-state index in [-0.39, 0.29) is 10.9 Å². The van der Waals surface area contributed by atoms with E-state index in [0.29, 0.717) is 16.7 Å². The number of methoxy groups -OCH3 is 1. The summed E-state index contributed by atoms with van der Waals surface area (Å²) >= 11 is 0. The Hall–Kier alpha value is -1.89. The van der Waals surface area contributed by atoms with Gasteiger partial charge in [-0.15, -0.1) is 0 Å². The smallest absolute Gasteiger partial charge is 0.206 e. The fourth-order valence-corrected chi connectivity index (χ4v) is 6.67. The normalized spacial score (nSPS) is 22.5. The molecule has 0 N–H and O–H groups in total.